The number of amides is 3. The third-order valence-electron chi connectivity index (χ3n) is 4.52. The van der Waals surface area contributed by atoms with Gasteiger partial charge in [-0.25, -0.2) is 4.39 Å². The normalized spacial score (nSPS) is 12.5. The molecular formula is C22H27FN4O3. The Hall–Kier alpha value is -3.26. The quantitative estimate of drug-likeness (QED) is 0.458. The van der Waals surface area contributed by atoms with Gasteiger partial charge in [0.1, 0.15) is 11.9 Å². The maximum atomic E-state index is 13.8. The molecule has 0 unspecified atom stereocenters. The summed E-state index contributed by atoms with van der Waals surface area (Å²) in [5.41, 5.74) is 7.30. The molecule has 2 atom stereocenters. The van der Waals surface area contributed by atoms with Crippen molar-refractivity contribution >= 4 is 17.7 Å². The highest BCUT2D eigenvalue weighted by Gasteiger charge is 2.23. The van der Waals surface area contributed by atoms with Crippen molar-refractivity contribution in [3.05, 3.63) is 71.5 Å². The number of benzene rings is 2. The van der Waals surface area contributed by atoms with Crippen molar-refractivity contribution in [1.82, 2.24) is 16.0 Å². The van der Waals surface area contributed by atoms with Gasteiger partial charge >= 0.3 is 0 Å². The predicted octanol–water partition coefficient (Wildman–Crippen LogP) is 0.675. The molecular weight excluding hydrogens is 387 g/mol. The van der Waals surface area contributed by atoms with Gasteiger partial charge < -0.3 is 21.7 Å². The number of nitrogens with two attached hydrogens (primary N) is 1. The fourth-order valence-electron chi connectivity index (χ4n) is 2.95. The highest BCUT2D eigenvalue weighted by atomic mass is 19.1. The summed E-state index contributed by atoms with van der Waals surface area (Å²) < 4.78 is 13.8. The van der Waals surface area contributed by atoms with Crippen LogP contribution in [0.2, 0.25) is 0 Å². The van der Waals surface area contributed by atoms with E-state index >= 15 is 0 Å². The topological polar surface area (TPSA) is 113 Å². The Morgan fingerprint density at radius 1 is 0.967 bits per heavy atom. The minimum Gasteiger partial charge on any atom is -0.358 e. The molecule has 5 N–H and O–H groups in total. The van der Waals surface area contributed by atoms with Gasteiger partial charge in [0.05, 0.1) is 6.54 Å². The number of halogens is 1. The summed E-state index contributed by atoms with van der Waals surface area (Å²) in [6.07, 6.45) is 0.392. The molecule has 2 aromatic carbocycles. The molecule has 8 heteroatoms. The third-order valence-corrected chi connectivity index (χ3v) is 4.52. The van der Waals surface area contributed by atoms with E-state index in [0.717, 1.165) is 5.56 Å². The van der Waals surface area contributed by atoms with E-state index in [2.05, 4.69) is 16.0 Å². The van der Waals surface area contributed by atoms with E-state index in [9.17, 15) is 18.8 Å². The molecule has 0 radical (unpaired) electrons. The van der Waals surface area contributed by atoms with Crippen LogP contribution in [0.4, 0.5) is 4.39 Å². The van der Waals surface area contributed by atoms with Crippen LogP contribution in [0.1, 0.15) is 17.5 Å². The SMILES string of the molecule is CNC(=O)CNC(=O)[C@@H](Cc1ccccc1)NC(=O)C[C@H](N)Cc1ccccc1F. The van der Waals surface area contributed by atoms with Gasteiger partial charge in [0.15, 0.2) is 0 Å². The van der Waals surface area contributed by atoms with Crippen LogP contribution < -0.4 is 21.7 Å². The lowest BCUT2D eigenvalue weighted by Gasteiger charge is -2.20. The summed E-state index contributed by atoms with van der Waals surface area (Å²) in [4.78, 5) is 36.4. The number of hydrogen-bond acceptors (Lipinski definition) is 4. The Morgan fingerprint density at radius 2 is 1.63 bits per heavy atom. The molecule has 3 amide bonds. The van der Waals surface area contributed by atoms with Crippen molar-refractivity contribution in [2.45, 2.75) is 31.3 Å². The molecule has 0 aliphatic heterocycles. The van der Waals surface area contributed by atoms with E-state index in [4.69, 9.17) is 5.73 Å². The summed E-state index contributed by atoms with van der Waals surface area (Å²) in [5.74, 6) is -1.61. The number of nitrogens with one attached hydrogen (secondary N) is 3. The molecule has 30 heavy (non-hydrogen) atoms. The zero-order chi connectivity index (χ0) is 21.9. The first-order valence-corrected chi connectivity index (χ1v) is 9.69. The van der Waals surface area contributed by atoms with Crippen LogP contribution in [0.5, 0.6) is 0 Å². The summed E-state index contributed by atoms with van der Waals surface area (Å²) in [6, 6.07) is 14.0. The molecule has 0 saturated heterocycles. The fourth-order valence-corrected chi connectivity index (χ4v) is 2.95. The van der Waals surface area contributed by atoms with E-state index in [1.165, 1.54) is 13.1 Å². The lowest BCUT2D eigenvalue weighted by atomic mass is 10.0. The lowest BCUT2D eigenvalue weighted by molar-refractivity contribution is -0.130. The third kappa shape index (κ3) is 7.63. The first-order chi connectivity index (χ1) is 14.4. The second-order valence-corrected chi connectivity index (χ2v) is 6.96. The van der Waals surface area contributed by atoms with E-state index in [1.54, 1.807) is 18.2 Å². The molecule has 0 aromatic heterocycles. The molecule has 7 nitrogen and oxygen atoms in total. The molecule has 0 fully saturated rings. The molecule has 0 aliphatic carbocycles. The summed E-state index contributed by atoms with van der Waals surface area (Å²) in [6.45, 7) is -0.191. The molecule has 2 rings (SSSR count). The van der Waals surface area contributed by atoms with Crippen molar-refractivity contribution in [2.75, 3.05) is 13.6 Å². The highest BCUT2D eigenvalue weighted by Crippen LogP contribution is 2.10. The lowest BCUT2D eigenvalue weighted by Crippen LogP contribution is -2.50. The molecule has 2 aromatic rings. The van der Waals surface area contributed by atoms with Gasteiger partial charge in [-0.3, -0.25) is 14.4 Å². The minimum atomic E-state index is -0.870. The summed E-state index contributed by atoms with van der Waals surface area (Å²) >= 11 is 0. The standard InChI is InChI=1S/C22H27FN4O3/c1-25-21(29)14-26-22(30)19(11-15-7-3-2-4-8-15)27-20(28)13-17(24)12-16-9-5-6-10-18(16)23/h2-10,17,19H,11-14,24H2,1H3,(H,25,29)(H,26,30)(H,27,28)/t17-,19-/m1/s1. The maximum Gasteiger partial charge on any atom is 0.243 e. The Bertz CT molecular complexity index is 860. The van der Waals surface area contributed by atoms with E-state index in [1.807, 2.05) is 30.3 Å². The molecule has 0 aliphatic rings. The largest absolute Gasteiger partial charge is 0.358 e. The molecule has 160 valence electrons. The second kappa shape index (κ2) is 11.7. The van der Waals surface area contributed by atoms with Crippen LogP contribution in [0.25, 0.3) is 0 Å². The monoisotopic (exact) mass is 414 g/mol. The van der Waals surface area contributed by atoms with E-state index < -0.39 is 23.9 Å². The summed E-state index contributed by atoms with van der Waals surface area (Å²) in [7, 11) is 1.47. The van der Waals surface area contributed by atoms with Crippen LogP contribution in [-0.4, -0.2) is 43.4 Å². The van der Waals surface area contributed by atoms with Gasteiger partial charge in [-0.2, -0.15) is 0 Å². The van der Waals surface area contributed by atoms with Gasteiger partial charge in [-0.05, 0) is 23.6 Å². The smallest absolute Gasteiger partial charge is 0.243 e. The van der Waals surface area contributed by atoms with Crippen LogP contribution in [0.3, 0.4) is 0 Å². The second-order valence-electron chi connectivity index (χ2n) is 6.96. The van der Waals surface area contributed by atoms with Crippen LogP contribution in [0, 0.1) is 5.82 Å². The fraction of sp³-hybridized carbons (Fsp3) is 0.318. The Kier molecular flexibility index (Phi) is 8.96. The number of likely N-dealkylation sites (N-methyl/N-ethyl adjacent to an activating group) is 1. The van der Waals surface area contributed by atoms with Gasteiger partial charge in [0.25, 0.3) is 0 Å². The average Bonchev–Trinajstić information content (AvgIpc) is 2.73. The van der Waals surface area contributed by atoms with E-state index in [0.29, 0.717) is 5.56 Å². The Labute approximate surface area is 175 Å². The van der Waals surface area contributed by atoms with Gasteiger partial charge in [-0.15, -0.1) is 0 Å². The van der Waals surface area contributed by atoms with Gasteiger partial charge in [-0.1, -0.05) is 48.5 Å². The van der Waals surface area contributed by atoms with E-state index in [-0.39, 0.29) is 37.5 Å². The van der Waals surface area contributed by atoms with Crippen molar-refractivity contribution in [1.29, 1.82) is 0 Å². The van der Waals surface area contributed by atoms with Crippen molar-refractivity contribution in [3.8, 4) is 0 Å². The highest BCUT2D eigenvalue weighted by molar-refractivity contribution is 5.90. The van der Waals surface area contributed by atoms with Crippen LogP contribution >= 0.6 is 0 Å². The molecule has 0 heterocycles. The first kappa shape index (κ1) is 23.0. The average molecular weight is 414 g/mol. The number of rotatable bonds is 10. The Morgan fingerprint density at radius 3 is 2.30 bits per heavy atom. The molecule has 0 spiro atoms. The minimum absolute atomic E-state index is 0.0671. The maximum absolute atomic E-state index is 13.8. The number of hydrogen-bond donors (Lipinski definition) is 4. The Balaban J connectivity index is 1.98. The first-order valence-electron chi connectivity index (χ1n) is 9.69. The summed E-state index contributed by atoms with van der Waals surface area (Å²) in [5, 5.41) is 7.61. The van der Waals surface area contributed by atoms with Crippen molar-refractivity contribution < 1.29 is 18.8 Å². The molecule has 0 saturated carbocycles. The van der Waals surface area contributed by atoms with Crippen LogP contribution in [-0.2, 0) is 27.2 Å². The van der Waals surface area contributed by atoms with Gasteiger partial charge in [0, 0.05) is 25.9 Å². The van der Waals surface area contributed by atoms with Gasteiger partial charge in [0.2, 0.25) is 17.7 Å². The number of carbonyl (C=O) groups is 3. The van der Waals surface area contributed by atoms with Crippen LogP contribution in [0.15, 0.2) is 54.6 Å². The number of carbonyl (C=O) groups excluding carboxylic acids is 3. The zero-order valence-corrected chi connectivity index (χ0v) is 16.9. The molecule has 0 bridgehead atoms. The zero-order valence-electron chi connectivity index (χ0n) is 16.9. The predicted molar refractivity (Wildman–Crippen MR) is 112 cm³/mol. The van der Waals surface area contributed by atoms with Crippen molar-refractivity contribution in [3.63, 3.8) is 0 Å². The van der Waals surface area contributed by atoms with Crippen molar-refractivity contribution in [2.24, 2.45) is 5.73 Å².